The van der Waals surface area contributed by atoms with Crippen LogP contribution in [0, 0.1) is 0 Å². The molecular formula is C15H20ClN3. The SMILES string of the molecule is CCc1nn(C)cc1CN[C@H](C)c1ccc(Cl)cc1. The third kappa shape index (κ3) is 3.58. The topological polar surface area (TPSA) is 29.9 Å². The lowest BCUT2D eigenvalue weighted by Crippen LogP contribution is -2.18. The third-order valence-corrected chi connectivity index (χ3v) is 3.55. The highest BCUT2D eigenvalue weighted by molar-refractivity contribution is 6.30. The minimum Gasteiger partial charge on any atom is -0.306 e. The van der Waals surface area contributed by atoms with Gasteiger partial charge in [0.25, 0.3) is 0 Å². The zero-order valence-electron chi connectivity index (χ0n) is 11.7. The van der Waals surface area contributed by atoms with Crippen LogP contribution in [0.4, 0.5) is 0 Å². The molecule has 19 heavy (non-hydrogen) atoms. The van der Waals surface area contributed by atoms with Crippen molar-refractivity contribution in [3.05, 3.63) is 52.3 Å². The van der Waals surface area contributed by atoms with Crippen LogP contribution in [0.1, 0.15) is 36.7 Å². The van der Waals surface area contributed by atoms with Gasteiger partial charge in [0.2, 0.25) is 0 Å². The molecule has 0 spiro atoms. The van der Waals surface area contributed by atoms with Gasteiger partial charge in [-0.2, -0.15) is 5.10 Å². The van der Waals surface area contributed by atoms with Crippen LogP contribution in [0.5, 0.6) is 0 Å². The maximum atomic E-state index is 5.90. The summed E-state index contributed by atoms with van der Waals surface area (Å²) >= 11 is 5.90. The van der Waals surface area contributed by atoms with E-state index in [4.69, 9.17) is 11.6 Å². The van der Waals surface area contributed by atoms with Crippen LogP contribution in [-0.2, 0) is 20.0 Å². The van der Waals surface area contributed by atoms with E-state index < -0.39 is 0 Å². The maximum Gasteiger partial charge on any atom is 0.0666 e. The van der Waals surface area contributed by atoms with Crippen LogP contribution in [0.15, 0.2) is 30.5 Å². The van der Waals surface area contributed by atoms with Gasteiger partial charge in [-0.25, -0.2) is 0 Å². The second-order valence-corrected chi connectivity index (χ2v) is 5.22. The number of nitrogens with one attached hydrogen (secondary N) is 1. The van der Waals surface area contributed by atoms with E-state index in [1.54, 1.807) is 0 Å². The first-order valence-electron chi connectivity index (χ1n) is 6.60. The van der Waals surface area contributed by atoms with Crippen LogP contribution in [0.3, 0.4) is 0 Å². The molecule has 0 radical (unpaired) electrons. The summed E-state index contributed by atoms with van der Waals surface area (Å²) < 4.78 is 1.88. The zero-order valence-corrected chi connectivity index (χ0v) is 12.4. The molecule has 3 nitrogen and oxygen atoms in total. The Labute approximate surface area is 119 Å². The first-order valence-corrected chi connectivity index (χ1v) is 6.98. The lowest BCUT2D eigenvalue weighted by molar-refractivity contribution is 0.572. The van der Waals surface area contributed by atoms with Crippen LogP contribution in [0.2, 0.25) is 5.02 Å². The van der Waals surface area contributed by atoms with Crippen molar-refractivity contribution in [3.63, 3.8) is 0 Å². The van der Waals surface area contributed by atoms with Gasteiger partial charge in [0.05, 0.1) is 5.69 Å². The fourth-order valence-electron chi connectivity index (χ4n) is 2.16. The molecule has 0 saturated carbocycles. The lowest BCUT2D eigenvalue weighted by atomic mass is 10.1. The number of aromatic nitrogens is 2. The molecule has 2 rings (SSSR count). The second kappa shape index (κ2) is 6.22. The minimum atomic E-state index is 0.294. The van der Waals surface area contributed by atoms with Crippen LogP contribution in [-0.4, -0.2) is 9.78 Å². The van der Waals surface area contributed by atoms with Crippen molar-refractivity contribution < 1.29 is 0 Å². The number of halogens is 1. The van der Waals surface area contributed by atoms with E-state index in [9.17, 15) is 0 Å². The molecule has 0 amide bonds. The van der Waals surface area contributed by atoms with Gasteiger partial charge >= 0.3 is 0 Å². The van der Waals surface area contributed by atoms with Crippen molar-refractivity contribution in [2.24, 2.45) is 7.05 Å². The molecule has 1 atom stereocenters. The van der Waals surface area contributed by atoms with E-state index in [-0.39, 0.29) is 0 Å². The van der Waals surface area contributed by atoms with E-state index in [1.165, 1.54) is 16.8 Å². The van der Waals surface area contributed by atoms with Gasteiger partial charge in [-0.15, -0.1) is 0 Å². The second-order valence-electron chi connectivity index (χ2n) is 4.78. The average Bonchev–Trinajstić information content (AvgIpc) is 2.77. The average molecular weight is 278 g/mol. The highest BCUT2D eigenvalue weighted by atomic mass is 35.5. The van der Waals surface area contributed by atoms with Crippen molar-refractivity contribution >= 4 is 11.6 Å². The fourth-order valence-corrected chi connectivity index (χ4v) is 2.29. The number of benzene rings is 1. The predicted octanol–water partition coefficient (Wildman–Crippen LogP) is 3.49. The Morgan fingerprint density at radius 1 is 1.32 bits per heavy atom. The molecule has 0 aliphatic heterocycles. The molecule has 1 aromatic heterocycles. The summed E-state index contributed by atoms with van der Waals surface area (Å²) in [6, 6.07) is 8.27. The molecule has 1 aromatic carbocycles. The molecule has 0 bridgehead atoms. The highest BCUT2D eigenvalue weighted by Crippen LogP contribution is 2.17. The Morgan fingerprint density at radius 2 is 2.00 bits per heavy atom. The molecule has 2 aromatic rings. The van der Waals surface area contributed by atoms with E-state index in [0.29, 0.717) is 6.04 Å². The Kier molecular flexibility index (Phi) is 4.61. The lowest BCUT2D eigenvalue weighted by Gasteiger charge is -2.14. The van der Waals surface area contributed by atoms with Crippen molar-refractivity contribution in [3.8, 4) is 0 Å². The number of aryl methyl sites for hydroxylation is 2. The predicted molar refractivity (Wildman–Crippen MR) is 79.3 cm³/mol. The zero-order chi connectivity index (χ0) is 13.8. The molecular weight excluding hydrogens is 258 g/mol. The summed E-state index contributed by atoms with van der Waals surface area (Å²) in [5, 5.41) is 8.75. The van der Waals surface area contributed by atoms with E-state index in [2.05, 4.69) is 42.6 Å². The summed E-state index contributed by atoms with van der Waals surface area (Å²) in [7, 11) is 1.96. The van der Waals surface area contributed by atoms with Gasteiger partial charge in [-0.05, 0) is 31.0 Å². The monoisotopic (exact) mass is 277 g/mol. The smallest absolute Gasteiger partial charge is 0.0666 e. The number of hydrogen-bond donors (Lipinski definition) is 1. The molecule has 0 saturated heterocycles. The van der Waals surface area contributed by atoms with E-state index in [0.717, 1.165) is 18.0 Å². The van der Waals surface area contributed by atoms with Crippen LogP contribution >= 0.6 is 11.6 Å². The number of nitrogens with zero attached hydrogens (tertiary/aromatic N) is 2. The standard InChI is InChI=1S/C15H20ClN3/c1-4-15-13(10-19(3)18-15)9-17-11(2)12-5-7-14(16)8-6-12/h5-8,10-11,17H,4,9H2,1-3H3/t11-/m1/s1. The molecule has 0 unspecified atom stereocenters. The van der Waals surface area contributed by atoms with Crippen molar-refractivity contribution in [2.75, 3.05) is 0 Å². The quantitative estimate of drug-likeness (QED) is 0.907. The van der Waals surface area contributed by atoms with Gasteiger partial charge < -0.3 is 5.32 Å². The molecule has 0 aliphatic rings. The molecule has 102 valence electrons. The largest absolute Gasteiger partial charge is 0.306 e. The summed E-state index contributed by atoms with van der Waals surface area (Å²) in [5.74, 6) is 0. The third-order valence-electron chi connectivity index (χ3n) is 3.30. The minimum absolute atomic E-state index is 0.294. The summed E-state index contributed by atoms with van der Waals surface area (Å²) in [5.41, 5.74) is 3.68. The van der Waals surface area contributed by atoms with Crippen molar-refractivity contribution in [2.45, 2.75) is 32.9 Å². The van der Waals surface area contributed by atoms with E-state index >= 15 is 0 Å². The fraction of sp³-hybridized carbons (Fsp3) is 0.400. The van der Waals surface area contributed by atoms with Gasteiger partial charge in [-0.1, -0.05) is 30.7 Å². The summed E-state index contributed by atoms with van der Waals surface area (Å²) in [6.07, 6.45) is 3.05. The van der Waals surface area contributed by atoms with Gasteiger partial charge in [0.1, 0.15) is 0 Å². The van der Waals surface area contributed by atoms with Crippen molar-refractivity contribution in [1.29, 1.82) is 0 Å². The number of rotatable bonds is 5. The van der Waals surface area contributed by atoms with Gasteiger partial charge in [0.15, 0.2) is 0 Å². The highest BCUT2D eigenvalue weighted by Gasteiger charge is 2.09. The van der Waals surface area contributed by atoms with Crippen LogP contribution in [0.25, 0.3) is 0 Å². The molecule has 1 N–H and O–H groups in total. The normalized spacial score (nSPS) is 12.6. The molecule has 1 heterocycles. The van der Waals surface area contributed by atoms with E-state index in [1.807, 2.05) is 23.9 Å². The molecule has 0 aliphatic carbocycles. The van der Waals surface area contributed by atoms with Gasteiger partial charge in [0, 0.05) is 36.4 Å². The number of hydrogen-bond acceptors (Lipinski definition) is 2. The molecule has 4 heteroatoms. The Balaban J connectivity index is 1.99. The van der Waals surface area contributed by atoms with Gasteiger partial charge in [-0.3, -0.25) is 4.68 Å². The Hall–Kier alpha value is -1.32. The summed E-state index contributed by atoms with van der Waals surface area (Å²) in [4.78, 5) is 0. The van der Waals surface area contributed by atoms with Crippen LogP contribution < -0.4 is 5.32 Å². The van der Waals surface area contributed by atoms with Crippen molar-refractivity contribution in [1.82, 2.24) is 15.1 Å². The Bertz CT molecular complexity index is 531. The summed E-state index contributed by atoms with van der Waals surface area (Å²) in [6.45, 7) is 5.13. The maximum absolute atomic E-state index is 5.90. The first kappa shape index (κ1) is 14.1. The Morgan fingerprint density at radius 3 is 2.63 bits per heavy atom. The first-order chi connectivity index (χ1) is 9.10. The molecule has 0 fully saturated rings.